The Morgan fingerprint density at radius 3 is 2.89 bits per heavy atom. The second kappa shape index (κ2) is 8.61. The van der Waals surface area contributed by atoms with Crippen LogP contribution in [0.4, 0.5) is 9.52 Å². The molecule has 0 saturated carbocycles. The number of carbonyl (C=O) groups is 2. The van der Waals surface area contributed by atoms with Gasteiger partial charge in [-0.1, -0.05) is 25.1 Å². The van der Waals surface area contributed by atoms with Crippen molar-refractivity contribution in [1.29, 1.82) is 0 Å². The summed E-state index contributed by atoms with van der Waals surface area (Å²) >= 11 is 1.38. The molecule has 1 unspecified atom stereocenters. The van der Waals surface area contributed by atoms with Crippen LogP contribution >= 0.6 is 11.3 Å². The summed E-state index contributed by atoms with van der Waals surface area (Å²) in [4.78, 5) is 31.6. The normalized spacial score (nSPS) is 17.0. The van der Waals surface area contributed by atoms with Gasteiger partial charge in [-0.25, -0.2) is 9.37 Å². The smallest absolute Gasteiger partial charge is 0.231 e. The van der Waals surface area contributed by atoms with Crippen molar-refractivity contribution in [3.8, 4) is 0 Å². The van der Waals surface area contributed by atoms with E-state index in [1.165, 1.54) is 17.4 Å². The number of aromatic nitrogens is 1. The van der Waals surface area contributed by atoms with Crippen LogP contribution in [-0.2, 0) is 16.0 Å². The molecule has 27 heavy (non-hydrogen) atoms. The van der Waals surface area contributed by atoms with E-state index in [0.717, 1.165) is 30.0 Å². The number of carbonyl (C=O) groups excluding carboxylic acids is 2. The van der Waals surface area contributed by atoms with Gasteiger partial charge >= 0.3 is 0 Å². The molecule has 144 valence electrons. The van der Waals surface area contributed by atoms with Gasteiger partial charge < -0.3 is 10.2 Å². The molecule has 1 aliphatic heterocycles. The Bertz CT molecular complexity index is 836. The maximum Gasteiger partial charge on any atom is 0.231 e. The van der Waals surface area contributed by atoms with Crippen LogP contribution in [-0.4, -0.2) is 34.8 Å². The van der Waals surface area contributed by atoms with Crippen LogP contribution in [0.25, 0.3) is 0 Å². The lowest BCUT2D eigenvalue weighted by Crippen LogP contribution is -2.43. The van der Waals surface area contributed by atoms with Crippen molar-refractivity contribution in [2.45, 2.75) is 39.5 Å². The number of nitrogens with zero attached hydrogens (tertiary/aromatic N) is 2. The Labute approximate surface area is 162 Å². The zero-order valence-corrected chi connectivity index (χ0v) is 16.4. The fourth-order valence-electron chi connectivity index (χ4n) is 3.31. The zero-order chi connectivity index (χ0) is 19.4. The first-order chi connectivity index (χ1) is 13.0. The van der Waals surface area contributed by atoms with E-state index in [2.05, 4.69) is 10.3 Å². The van der Waals surface area contributed by atoms with E-state index in [4.69, 9.17) is 0 Å². The minimum atomic E-state index is -0.237. The number of halogens is 1. The molecule has 1 fully saturated rings. The van der Waals surface area contributed by atoms with Crippen LogP contribution in [0.3, 0.4) is 0 Å². The molecular formula is C20H24FN3O2S. The van der Waals surface area contributed by atoms with E-state index < -0.39 is 0 Å². The average molecular weight is 389 g/mol. The van der Waals surface area contributed by atoms with Crippen LogP contribution in [0, 0.1) is 18.7 Å². The van der Waals surface area contributed by atoms with Crippen molar-refractivity contribution in [3.63, 3.8) is 0 Å². The molecule has 0 bridgehead atoms. The molecule has 1 atom stereocenters. The molecule has 2 aromatic rings. The molecule has 7 heteroatoms. The molecule has 5 nitrogen and oxygen atoms in total. The van der Waals surface area contributed by atoms with Gasteiger partial charge in [0.05, 0.1) is 11.6 Å². The zero-order valence-electron chi connectivity index (χ0n) is 15.6. The van der Waals surface area contributed by atoms with Crippen molar-refractivity contribution in [1.82, 2.24) is 9.88 Å². The Hall–Kier alpha value is -2.28. The van der Waals surface area contributed by atoms with Crippen molar-refractivity contribution in [2.75, 3.05) is 18.4 Å². The van der Waals surface area contributed by atoms with Gasteiger partial charge in [-0.2, -0.15) is 0 Å². The monoisotopic (exact) mass is 389 g/mol. The molecule has 2 amide bonds. The minimum Gasteiger partial charge on any atom is -0.342 e. The quantitative estimate of drug-likeness (QED) is 0.847. The van der Waals surface area contributed by atoms with E-state index in [1.807, 2.05) is 19.9 Å². The summed E-state index contributed by atoms with van der Waals surface area (Å²) < 4.78 is 13.9. The Morgan fingerprint density at radius 2 is 2.15 bits per heavy atom. The molecule has 0 spiro atoms. The molecule has 0 aliphatic carbocycles. The Kier molecular flexibility index (Phi) is 6.21. The van der Waals surface area contributed by atoms with Gasteiger partial charge in [0, 0.05) is 30.8 Å². The Morgan fingerprint density at radius 1 is 1.37 bits per heavy atom. The number of hydrogen-bond donors (Lipinski definition) is 1. The maximum absolute atomic E-state index is 13.9. The fraction of sp³-hybridized carbons (Fsp3) is 0.450. The standard InChI is InChI=1S/C20H24FN3O2S/c1-3-18(25)24-10-6-8-15(12-24)19(26)23-20-22-13(2)17(27-20)11-14-7-4-5-9-16(14)21/h4-5,7,9,15H,3,6,8,10-12H2,1-2H3,(H,22,23,26). The van der Waals surface area contributed by atoms with E-state index in [0.29, 0.717) is 30.1 Å². The number of nitrogens with one attached hydrogen (secondary N) is 1. The average Bonchev–Trinajstić information content (AvgIpc) is 3.01. The maximum atomic E-state index is 13.9. The number of thiazole rings is 1. The van der Waals surface area contributed by atoms with Gasteiger partial charge in [0.25, 0.3) is 0 Å². The van der Waals surface area contributed by atoms with Crippen LogP contribution < -0.4 is 5.32 Å². The summed E-state index contributed by atoms with van der Waals surface area (Å²) in [6.07, 6.45) is 2.51. The van der Waals surface area contributed by atoms with Crippen LogP contribution in [0.5, 0.6) is 0 Å². The second-order valence-corrected chi connectivity index (χ2v) is 7.90. The van der Waals surface area contributed by atoms with Crippen molar-refractivity contribution >= 4 is 28.3 Å². The SMILES string of the molecule is CCC(=O)N1CCCC(C(=O)Nc2nc(C)c(Cc3ccccc3F)s2)C1. The van der Waals surface area contributed by atoms with Crippen molar-refractivity contribution < 1.29 is 14.0 Å². The van der Waals surface area contributed by atoms with Gasteiger partial charge in [0.15, 0.2) is 5.13 Å². The lowest BCUT2D eigenvalue weighted by Gasteiger charge is -2.31. The van der Waals surface area contributed by atoms with Crippen LogP contribution in [0.2, 0.25) is 0 Å². The summed E-state index contributed by atoms with van der Waals surface area (Å²) in [6.45, 7) is 4.89. The highest BCUT2D eigenvalue weighted by atomic mass is 32.1. The van der Waals surface area contributed by atoms with E-state index in [-0.39, 0.29) is 23.5 Å². The second-order valence-electron chi connectivity index (χ2n) is 6.82. The summed E-state index contributed by atoms with van der Waals surface area (Å²) in [5, 5.41) is 3.42. The number of amides is 2. The predicted octanol–water partition coefficient (Wildman–Crippen LogP) is 3.77. The lowest BCUT2D eigenvalue weighted by molar-refractivity contribution is -0.134. The number of piperidine rings is 1. The number of hydrogen-bond acceptors (Lipinski definition) is 4. The summed E-state index contributed by atoms with van der Waals surface area (Å²) in [5.41, 5.74) is 1.41. The predicted molar refractivity (Wildman–Crippen MR) is 104 cm³/mol. The number of likely N-dealkylation sites (tertiary alicyclic amines) is 1. The third-order valence-electron chi connectivity index (χ3n) is 4.88. The van der Waals surface area contributed by atoms with Gasteiger partial charge in [0.2, 0.25) is 11.8 Å². The molecule has 1 saturated heterocycles. The summed E-state index contributed by atoms with van der Waals surface area (Å²) in [6, 6.07) is 6.68. The third-order valence-corrected chi connectivity index (χ3v) is 5.95. The molecule has 1 aromatic carbocycles. The largest absolute Gasteiger partial charge is 0.342 e. The molecule has 1 aromatic heterocycles. The van der Waals surface area contributed by atoms with Crippen molar-refractivity contribution in [2.24, 2.45) is 5.92 Å². The molecule has 2 heterocycles. The molecule has 3 rings (SSSR count). The molecular weight excluding hydrogens is 365 g/mol. The van der Waals surface area contributed by atoms with Gasteiger partial charge in [0.1, 0.15) is 5.82 Å². The lowest BCUT2D eigenvalue weighted by atomic mass is 9.97. The third kappa shape index (κ3) is 4.71. The van der Waals surface area contributed by atoms with Gasteiger partial charge in [-0.3, -0.25) is 9.59 Å². The molecule has 0 radical (unpaired) electrons. The summed E-state index contributed by atoms with van der Waals surface area (Å²) in [7, 11) is 0. The number of benzene rings is 1. The molecule has 1 N–H and O–H groups in total. The fourth-order valence-corrected chi connectivity index (χ4v) is 4.30. The minimum absolute atomic E-state index is 0.0877. The number of anilines is 1. The first kappa shape index (κ1) is 19.5. The van der Waals surface area contributed by atoms with Gasteiger partial charge in [-0.15, -0.1) is 11.3 Å². The highest BCUT2D eigenvalue weighted by Gasteiger charge is 2.28. The summed E-state index contributed by atoms with van der Waals surface area (Å²) in [5.74, 6) is -0.466. The van der Waals surface area contributed by atoms with E-state index in [1.54, 1.807) is 17.0 Å². The number of rotatable bonds is 5. The number of aryl methyl sites for hydroxylation is 1. The first-order valence-corrected chi connectivity index (χ1v) is 10.1. The van der Waals surface area contributed by atoms with Crippen LogP contribution in [0.1, 0.15) is 42.3 Å². The van der Waals surface area contributed by atoms with E-state index in [9.17, 15) is 14.0 Å². The van der Waals surface area contributed by atoms with Crippen LogP contribution in [0.15, 0.2) is 24.3 Å². The van der Waals surface area contributed by atoms with Crippen molar-refractivity contribution in [3.05, 3.63) is 46.2 Å². The topological polar surface area (TPSA) is 62.3 Å². The highest BCUT2D eigenvalue weighted by molar-refractivity contribution is 7.15. The van der Waals surface area contributed by atoms with E-state index >= 15 is 0 Å². The first-order valence-electron chi connectivity index (χ1n) is 9.26. The van der Waals surface area contributed by atoms with Gasteiger partial charge in [-0.05, 0) is 31.4 Å². The molecule has 1 aliphatic rings. The highest BCUT2D eigenvalue weighted by Crippen LogP contribution is 2.27. The Balaban J connectivity index is 1.65.